The highest BCUT2D eigenvalue weighted by Crippen LogP contribution is 2.41. The molecule has 0 spiro atoms. The van der Waals surface area contributed by atoms with Gasteiger partial charge in [0.05, 0.1) is 11.6 Å². The second kappa shape index (κ2) is 4.55. The third-order valence-electron chi connectivity index (χ3n) is 4.78. The van der Waals surface area contributed by atoms with Crippen LogP contribution in [0.3, 0.4) is 0 Å². The first kappa shape index (κ1) is 11.8. The van der Waals surface area contributed by atoms with E-state index >= 15 is 0 Å². The molecule has 0 bridgehead atoms. The van der Waals surface area contributed by atoms with Gasteiger partial charge in [-0.15, -0.1) is 0 Å². The number of hydrogen-bond donors (Lipinski definition) is 0. The standard InChI is InChI=1S/C18H17NO/c20-18(15-9-7-12-4-1-2-6-14(12)15)16-10-8-13-5-3-11-19-17(13)16/h1-6,11,15-16H,7-10H2. The van der Waals surface area contributed by atoms with E-state index < -0.39 is 0 Å². The fourth-order valence-corrected chi connectivity index (χ4v) is 3.79. The van der Waals surface area contributed by atoms with E-state index in [9.17, 15) is 4.79 Å². The summed E-state index contributed by atoms with van der Waals surface area (Å²) in [5.74, 6) is 0.485. The van der Waals surface area contributed by atoms with Gasteiger partial charge in [-0.1, -0.05) is 30.3 Å². The lowest BCUT2D eigenvalue weighted by Gasteiger charge is -2.16. The van der Waals surface area contributed by atoms with Crippen molar-refractivity contribution in [2.45, 2.75) is 37.5 Å². The van der Waals surface area contributed by atoms with Crippen molar-refractivity contribution >= 4 is 5.78 Å². The number of benzene rings is 1. The first-order chi connectivity index (χ1) is 9.84. The van der Waals surface area contributed by atoms with Crippen LogP contribution in [0, 0.1) is 0 Å². The summed E-state index contributed by atoms with van der Waals surface area (Å²) in [6, 6.07) is 12.5. The van der Waals surface area contributed by atoms with Crippen molar-refractivity contribution < 1.29 is 4.79 Å². The monoisotopic (exact) mass is 263 g/mol. The van der Waals surface area contributed by atoms with Gasteiger partial charge in [0.1, 0.15) is 5.78 Å². The van der Waals surface area contributed by atoms with Crippen molar-refractivity contribution in [3.05, 3.63) is 65.0 Å². The molecule has 0 N–H and O–H groups in total. The van der Waals surface area contributed by atoms with Crippen molar-refractivity contribution in [2.24, 2.45) is 0 Å². The number of pyridine rings is 1. The molecule has 1 aromatic heterocycles. The predicted octanol–water partition coefficient (Wildman–Crippen LogP) is 3.41. The van der Waals surface area contributed by atoms with Crippen molar-refractivity contribution in [1.29, 1.82) is 0 Å². The quantitative estimate of drug-likeness (QED) is 0.831. The second-order valence-corrected chi connectivity index (χ2v) is 5.83. The van der Waals surface area contributed by atoms with Gasteiger partial charge < -0.3 is 0 Å². The van der Waals surface area contributed by atoms with Crippen LogP contribution in [-0.4, -0.2) is 10.8 Å². The molecule has 2 nitrogen and oxygen atoms in total. The number of aryl methyl sites for hydroxylation is 2. The van der Waals surface area contributed by atoms with E-state index in [1.165, 1.54) is 16.7 Å². The maximum absolute atomic E-state index is 12.9. The smallest absolute Gasteiger partial charge is 0.149 e. The van der Waals surface area contributed by atoms with E-state index in [0.717, 1.165) is 31.4 Å². The summed E-state index contributed by atoms with van der Waals surface area (Å²) in [6.07, 6.45) is 5.75. The van der Waals surface area contributed by atoms with Crippen LogP contribution in [0.2, 0.25) is 0 Å². The van der Waals surface area contributed by atoms with Crippen LogP contribution in [-0.2, 0) is 17.6 Å². The third-order valence-corrected chi connectivity index (χ3v) is 4.78. The molecule has 2 atom stereocenters. The topological polar surface area (TPSA) is 30.0 Å². The molecule has 2 heteroatoms. The number of ketones is 1. The van der Waals surface area contributed by atoms with Gasteiger partial charge in [-0.05, 0) is 48.4 Å². The van der Waals surface area contributed by atoms with E-state index in [2.05, 4.69) is 29.2 Å². The van der Waals surface area contributed by atoms with Crippen molar-refractivity contribution in [3.63, 3.8) is 0 Å². The van der Waals surface area contributed by atoms with Crippen molar-refractivity contribution in [1.82, 2.24) is 4.98 Å². The number of Topliss-reactive ketones (excluding diaryl/α,β-unsaturated/α-hetero) is 1. The number of carbonyl (C=O) groups is 1. The van der Waals surface area contributed by atoms with Crippen LogP contribution in [0.15, 0.2) is 42.6 Å². The Kier molecular flexibility index (Phi) is 2.69. The number of carbonyl (C=O) groups excluding carboxylic acids is 1. The van der Waals surface area contributed by atoms with Gasteiger partial charge in [0, 0.05) is 12.1 Å². The summed E-state index contributed by atoms with van der Waals surface area (Å²) in [7, 11) is 0. The molecule has 2 aliphatic rings. The molecular weight excluding hydrogens is 246 g/mol. The van der Waals surface area contributed by atoms with Crippen LogP contribution in [0.25, 0.3) is 0 Å². The molecular formula is C18H17NO. The van der Waals surface area contributed by atoms with E-state index in [4.69, 9.17) is 0 Å². The lowest BCUT2D eigenvalue weighted by atomic mass is 9.87. The molecule has 0 amide bonds. The maximum atomic E-state index is 12.9. The third kappa shape index (κ3) is 1.71. The van der Waals surface area contributed by atoms with Crippen LogP contribution < -0.4 is 0 Å². The average Bonchev–Trinajstić information content (AvgIpc) is 3.11. The molecule has 2 aliphatic carbocycles. The van der Waals surface area contributed by atoms with Crippen LogP contribution >= 0.6 is 0 Å². The molecule has 0 aliphatic heterocycles. The number of aromatic nitrogens is 1. The Morgan fingerprint density at radius 2 is 1.70 bits per heavy atom. The van der Waals surface area contributed by atoms with Crippen LogP contribution in [0.5, 0.6) is 0 Å². The highest BCUT2D eigenvalue weighted by atomic mass is 16.1. The summed E-state index contributed by atoms with van der Waals surface area (Å²) in [5.41, 5.74) is 4.89. The Labute approximate surface area is 118 Å². The highest BCUT2D eigenvalue weighted by Gasteiger charge is 2.37. The molecule has 1 heterocycles. The Bertz CT molecular complexity index is 619. The van der Waals surface area contributed by atoms with Gasteiger partial charge in [-0.25, -0.2) is 0 Å². The molecule has 2 unspecified atom stereocenters. The van der Waals surface area contributed by atoms with Gasteiger partial charge in [-0.3, -0.25) is 9.78 Å². The molecule has 0 saturated carbocycles. The Hall–Kier alpha value is -1.96. The largest absolute Gasteiger partial charge is 0.298 e. The number of rotatable bonds is 2. The van der Waals surface area contributed by atoms with Crippen LogP contribution in [0.4, 0.5) is 0 Å². The van der Waals surface area contributed by atoms with E-state index in [-0.39, 0.29) is 11.8 Å². The SMILES string of the molecule is O=C(C1CCc2ccccc21)C1CCc2cccnc21. The molecule has 0 fully saturated rings. The number of nitrogens with zero attached hydrogens (tertiary/aromatic N) is 1. The average molecular weight is 263 g/mol. The normalized spacial score (nSPS) is 23.4. The van der Waals surface area contributed by atoms with E-state index in [1.807, 2.05) is 18.3 Å². The zero-order valence-electron chi connectivity index (χ0n) is 11.4. The first-order valence-corrected chi connectivity index (χ1v) is 7.40. The minimum atomic E-state index is 0.0161. The predicted molar refractivity (Wildman–Crippen MR) is 77.8 cm³/mol. The Morgan fingerprint density at radius 1 is 0.950 bits per heavy atom. The summed E-state index contributed by atoms with van der Waals surface area (Å²) in [5, 5.41) is 0. The minimum absolute atomic E-state index is 0.0161. The second-order valence-electron chi connectivity index (χ2n) is 5.83. The fourth-order valence-electron chi connectivity index (χ4n) is 3.79. The lowest BCUT2D eigenvalue weighted by Crippen LogP contribution is -2.18. The van der Waals surface area contributed by atoms with Gasteiger partial charge >= 0.3 is 0 Å². The van der Waals surface area contributed by atoms with E-state index in [1.54, 1.807) is 0 Å². The van der Waals surface area contributed by atoms with Gasteiger partial charge in [0.25, 0.3) is 0 Å². The van der Waals surface area contributed by atoms with E-state index in [0.29, 0.717) is 5.78 Å². The molecule has 4 rings (SSSR count). The molecule has 1 aromatic carbocycles. The molecule has 20 heavy (non-hydrogen) atoms. The summed E-state index contributed by atoms with van der Waals surface area (Å²) in [4.78, 5) is 17.4. The van der Waals surface area contributed by atoms with Gasteiger partial charge in [-0.2, -0.15) is 0 Å². The zero-order valence-corrected chi connectivity index (χ0v) is 11.4. The van der Waals surface area contributed by atoms with Gasteiger partial charge in [0.2, 0.25) is 0 Å². The fraction of sp³-hybridized carbons (Fsp3) is 0.333. The summed E-state index contributed by atoms with van der Waals surface area (Å²) >= 11 is 0. The lowest BCUT2D eigenvalue weighted by molar-refractivity contribution is -0.122. The number of fused-ring (bicyclic) bond motifs is 2. The van der Waals surface area contributed by atoms with Crippen molar-refractivity contribution in [2.75, 3.05) is 0 Å². The van der Waals surface area contributed by atoms with Gasteiger partial charge in [0.15, 0.2) is 0 Å². The Balaban J connectivity index is 1.67. The first-order valence-electron chi connectivity index (χ1n) is 7.40. The molecule has 100 valence electrons. The zero-order chi connectivity index (χ0) is 13.5. The molecule has 0 radical (unpaired) electrons. The highest BCUT2D eigenvalue weighted by molar-refractivity contribution is 5.93. The molecule has 2 aromatic rings. The Morgan fingerprint density at radius 3 is 2.65 bits per heavy atom. The maximum Gasteiger partial charge on any atom is 0.149 e. The number of hydrogen-bond acceptors (Lipinski definition) is 2. The molecule has 0 saturated heterocycles. The summed E-state index contributed by atoms with van der Waals surface area (Å²) < 4.78 is 0. The van der Waals surface area contributed by atoms with Crippen molar-refractivity contribution in [3.8, 4) is 0 Å². The van der Waals surface area contributed by atoms with Crippen LogP contribution in [0.1, 0.15) is 47.1 Å². The summed E-state index contributed by atoms with van der Waals surface area (Å²) in [6.45, 7) is 0. The minimum Gasteiger partial charge on any atom is -0.298 e.